The van der Waals surface area contributed by atoms with E-state index in [-0.39, 0.29) is 12.5 Å². The number of hydrogen-bond donors (Lipinski definition) is 4. The number of aryl methyl sites for hydroxylation is 1. The first-order chi connectivity index (χ1) is 7.58. The van der Waals surface area contributed by atoms with Crippen molar-refractivity contribution in [2.24, 2.45) is 0 Å². The highest BCUT2D eigenvalue weighted by Crippen LogP contribution is 2.31. The van der Waals surface area contributed by atoms with E-state index >= 15 is 0 Å². The topological polar surface area (TPSA) is 103 Å². The molecule has 2 amide bonds. The molecular formula is C8H10N4O3S. The maximum absolute atomic E-state index is 11.7. The number of rotatable bonds is 1. The summed E-state index contributed by atoms with van der Waals surface area (Å²) in [7, 11) is 0. The van der Waals surface area contributed by atoms with Crippen LogP contribution in [0.25, 0.3) is 0 Å². The zero-order valence-electron chi connectivity index (χ0n) is 8.40. The van der Waals surface area contributed by atoms with Crippen LogP contribution in [0.15, 0.2) is 0 Å². The Labute approximate surface area is 95.0 Å². The molecule has 8 heteroatoms. The van der Waals surface area contributed by atoms with Gasteiger partial charge in [-0.15, -0.1) is 0 Å². The molecule has 1 atom stereocenters. The van der Waals surface area contributed by atoms with Gasteiger partial charge >= 0.3 is 6.09 Å². The second kappa shape index (κ2) is 3.97. The number of carboxylic acid groups (broad SMARTS) is 1. The van der Waals surface area contributed by atoms with Gasteiger partial charge in [-0.1, -0.05) is 0 Å². The van der Waals surface area contributed by atoms with E-state index in [2.05, 4.69) is 20.3 Å². The number of nitrogens with one attached hydrogen (secondary N) is 3. The molecule has 16 heavy (non-hydrogen) atoms. The summed E-state index contributed by atoms with van der Waals surface area (Å²) in [5.41, 5.74) is 1.35. The highest BCUT2D eigenvalue weighted by molar-refractivity contribution is 7.11. The van der Waals surface area contributed by atoms with Crippen LogP contribution in [-0.2, 0) is 4.79 Å². The van der Waals surface area contributed by atoms with Crippen molar-refractivity contribution in [1.29, 1.82) is 0 Å². The molecule has 1 aliphatic heterocycles. The monoisotopic (exact) mass is 242 g/mol. The van der Waals surface area contributed by atoms with Crippen LogP contribution in [0.3, 0.4) is 0 Å². The largest absolute Gasteiger partial charge is 0.465 e. The molecule has 0 saturated carbocycles. The Bertz CT molecular complexity index is 444. The molecule has 86 valence electrons. The minimum atomic E-state index is -1.22. The van der Waals surface area contributed by atoms with Crippen LogP contribution in [0.1, 0.15) is 5.69 Å². The predicted octanol–water partition coefficient (Wildman–Crippen LogP) is 0.452. The lowest BCUT2D eigenvalue weighted by Gasteiger charge is -2.12. The molecule has 7 nitrogen and oxygen atoms in total. The lowest BCUT2D eigenvalue weighted by molar-refractivity contribution is -0.117. The van der Waals surface area contributed by atoms with Gasteiger partial charge in [-0.2, -0.15) is 4.37 Å². The van der Waals surface area contributed by atoms with Gasteiger partial charge in [0.05, 0.1) is 11.4 Å². The predicted molar refractivity (Wildman–Crippen MR) is 58.9 cm³/mol. The second-order valence-electron chi connectivity index (χ2n) is 3.34. The normalized spacial score (nSPS) is 19.1. The summed E-state index contributed by atoms with van der Waals surface area (Å²) in [4.78, 5) is 22.1. The first-order valence-corrected chi connectivity index (χ1v) is 5.35. The van der Waals surface area contributed by atoms with Crippen LogP contribution in [0.4, 0.5) is 15.5 Å². The molecule has 0 saturated heterocycles. The van der Waals surface area contributed by atoms with Crippen molar-refractivity contribution in [2.75, 3.05) is 17.2 Å². The smallest absolute Gasteiger partial charge is 0.405 e. The van der Waals surface area contributed by atoms with Crippen LogP contribution in [0, 0.1) is 6.92 Å². The molecule has 2 rings (SSSR count). The van der Waals surface area contributed by atoms with Gasteiger partial charge in [0, 0.05) is 6.54 Å². The third-order valence-corrected chi connectivity index (χ3v) is 3.09. The van der Waals surface area contributed by atoms with Crippen LogP contribution >= 0.6 is 11.5 Å². The number of amides is 2. The zero-order chi connectivity index (χ0) is 11.7. The van der Waals surface area contributed by atoms with Crippen molar-refractivity contribution in [1.82, 2.24) is 9.69 Å². The Kier molecular flexibility index (Phi) is 2.65. The number of aromatic nitrogens is 1. The summed E-state index contributed by atoms with van der Waals surface area (Å²) < 4.78 is 4.09. The van der Waals surface area contributed by atoms with E-state index in [1.165, 1.54) is 11.5 Å². The number of carbonyl (C=O) groups is 2. The van der Waals surface area contributed by atoms with Gasteiger partial charge in [-0.3, -0.25) is 4.79 Å². The van der Waals surface area contributed by atoms with Crippen molar-refractivity contribution in [3.05, 3.63) is 5.69 Å². The molecule has 1 aromatic rings. The number of carbonyl (C=O) groups excluding carboxylic acids is 1. The molecule has 0 bridgehead atoms. The molecule has 0 aliphatic carbocycles. The fraction of sp³-hybridized carbons (Fsp3) is 0.375. The Morgan fingerprint density at radius 3 is 3.12 bits per heavy atom. The van der Waals surface area contributed by atoms with Crippen molar-refractivity contribution in [3.8, 4) is 0 Å². The van der Waals surface area contributed by atoms with Crippen LogP contribution < -0.4 is 16.0 Å². The van der Waals surface area contributed by atoms with E-state index in [0.29, 0.717) is 5.69 Å². The Hall–Kier alpha value is -1.83. The van der Waals surface area contributed by atoms with E-state index in [0.717, 1.165) is 10.7 Å². The molecule has 0 radical (unpaired) electrons. The molecule has 0 aromatic carbocycles. The van der Waals surface area contributed by atoms with Gasteiger partial charge in [0.15, 0.2) is 0 Å². The zero-order valence-corrected chi connectivity index (χ0v) is 9.22. The lowest BCUT2D eigenvalue weighted by atomic mass is 10.3. The molecule has 1 unspecified atom stereocenters. The summed E-state index contributed by atoms with van der Waals surface area (Å²) in [6.07, 6.45) is -1.22. The Morgan fingerprint density at radius 2 is 2.44 bits per heavy atom. The van der Waals surface area contributed by atoms with Crippen LogP contribution in [-0.4, -0.2) is 34.1 Å². The van der Waals surface area contributed by atoms with Gasteiger partial charge in [0.25, 0.3) is 0 Å². The number of nitrogens with zero attached hydrogens (tertiary/aromatic N) is 1. The summed E-state index contributed by atoms with van der Waals surface area (Å²) in [5.74, 6) is -0.378. The number of anilines is 2. The van der Waals surface area contributed by atoms with Gasteiger partial charge in [0.2, 0.25) is 5.91 Å². The molecule has 0 spiro atoms. The first-order valence-electron chi connectivity index (χ1n) is 4.58. The first kappa shape index (κ1) is 10.7. The van der Waals surface area contributed by atoms with E-state index in [1.54, 1.807) is 6.92 Å². The average molecular weight is 242 g/mol. The highest BCUT2D eigenvalue weighted by Gasteiger charge is 2.26. The van der Waals surface area contributed by atoms with Crippen LogP contribution in [0.5, 0.6) is 0 Å². The number of hydrogen-bond acceptors (Lipinski definition) is 5. The third-order valence-electron chi connectivity index (χ3n) is 2.19. The fourth-order valence-corrected chi connectivity index (χ4v) is 2.16. The molecular weight excluding hydrogens is 232 g/mol. The third kappa shape index (κ3) is 1.91. The minimum Gasteiger partial charge on any atom is -0.465 e. The summed E-state index contributed by atoms with van der Waals surface area (Å²) in [5, 5.41) is 17.1. The quantitative estimate of drug-likeness (QED) is 0.572. The molecule has 1 aliphatic rings. The summed E-state index contributed by atoms with van der Waals surface area (Å²) >= 11 is 1.24. The second-order valence-corrected chi connectivity index (χ2v) is 4.12. The SMILES string of the molecule is Cc1nsc2c1NC(=O)C(NC(=O)O)CN2. The van der Waals surface area contributed by atoms with Crippen LogP contribution in [0.2, 0.25) is 0 Å². The van der Waals surface area contributed by atoms with Gasteiger partial charge in [0.1, 0.15) is 11.0 Å². The number of fused-ring (bicyclic) bond motifs is 1. The molecule has 1 aromatic heterocycles. The lowest BCUT2D eigenvalue weighted by Crippen LogP contribution is -2.46. The van der Waals surface area contributed by atoms with Gasteiger partial charge < -0.3 is 21.1 Å². The van der Waals surface area contributed by atoms with E-state index in [9.17, 15) is 9.59 Å². The maximum atomic E-state index is 11.7. The standard InChI is InChI=1S/C8H10N4O3S/c1-3-5-7(16-12-3)9-2-4(6(13)11-5)10-8(14)15/h4,9-10H,2H2,1H3,(H,11,13)(H,14,15). The van der Waals surface area contributed by atoms with Crippen molar-refractivity contribution in [3.63, 3.8) is 0 Å². The van der Waals surface area contributed by atoms with E-state index in [1.807, 2.05) is 0 Å². The van der Waals surface area contributed by atoms with Gasteiger partial charge in [-0.05, 0) is 18.5 Å². The van der Waals surface area contributed by atoms with Crippen molar-refractivity contribution in [2.45, 2.75) is 13.0 Å². The summed E-state index contributed by atoms with van der Waals surface area (Å²) in [6.45, 7) is 2.00. The summed E-state index contributed by atoms with van der Waals surface area (Å²) in [6, 6.07) is -0.795. The Balaban J connectivity index is 2.19. The molecule has 2 heterocycles. The maximum Gasteiger partial charge on any atom is 0.405 e. The minimum absolute atomic E-state index is 0.215. The van der Waals surface area contributed by atoms with E-state index in [4.69, 9.17) is 5.11 Å². The Morgan fingerprint density at radius 1 is 1.69 bits per heavy atom. The van der Waals surface area contributed by atoms with Gasteiger partial charge in [-0.25, -0.2) is 4.79 Å². The molecule has 4 N–H and O–H groups in total. The van der Waals surface area contributed by atoms with Crippen molar-refractivity contribution >= 4 is 34.2 Å². The average Bonchev–Trinajstić information content (AvgIpc) is 2.46. The van der Waals surface area contributed by atoms with E-state index < -0.39 is 12.1 Å². The molecule has 0 fully saturated rings. The van der Waals surface area contributed by atoms with Crippen molar-refractivity contribution < 1.29 is 14.7 Å². The fourth-order valence-electron chi connectivity index (χ4n) is 1.40. The highest BCUT2D eigenvalue weighted by atomic mass is 32.1.